The summed E-state index contributed by atoms with van der Waals surface area (Å²) in [5.74, 6) is -0.511. The SMILES string of the molecule is O=C(CNc1ccc2ccccc2c1)Nc1ccccc1C(=O)Nc1ccccc1. The number of para-hydroxylation sites is 2. The maximum absolute atomic E-state index is 12.6. The molecule has 3 N–H and O–H groups in total. The van der Waals surface area contributed by atoms with E-state index in [2.05, 4.69) is 16.0 Å². The Balaban J connectivity index is 1.41. The second kappa shape index (κ2) is 8.92. The zero-order valence-corrected chi connectivity index (χ0v) is 16.3. The average Bonchev–Trinajstić information content (AvgIpc) is 2.78. The standard InChI is InChI=1S/C25H21N3O2/c29-24(17-26-21-15-14-18-8-4-5-9-19(18)16-21)28-23-13-7-6-12-22(23)25(30)27-20-10-2-1-3-11-20/h1-16,26H,17H2,(H,27,30)(H,28,29). The Morgan fingerprint density at radius 3 is 2.17 bits per heavy atom. The van der Waals surface area contributed by atoms with E-state index in [0.717, 1.165) is 16.5 Å². The highest BCUT2D eigenvalue weighted by Crippen LogP contribution is 2.20. The van der Waals surface area contributed by atoms with E-state index in [9.17, 15) is 9.59 Å². The van der Waals surface area contributed by atoms with Crippen LogP contribution >= 0.6 is 0 Å². The molecule has 0 atom stereocenters. The van der Waals surface area contributed by atoms with Crippen LogP contribution in [0.2, 0.25) is 0 Å². The van der Waals surface area contributed by atoms with Crippen LogP contribution in [0.4, 0.5) is 17.1 Å². The summed E-state index contributed by atoms with van der Waals surface area (Å²) in [5, 5.41) is 11.0. The van der Waals surface area contributed by atoms with Crippen molar-refractivity contribution in [2.75, 3.05) is 22.5 Å². The highest BCUT2D eigenvalue weighted by Gasteiger charge is 2.13. The van der Waals surface area contributed by atoms with Crippen molar-refractivity contribution in [3.05, 3.63) is 103 Å². The van der Waals surface area contributed by atoms with Crippen molar-refractivity contribution < 1.29 is 9.59 Å². The van der Waals surface area contributed by atoms with Gasteiger partial charge in [0.1, 0.15) is 0 Å². The predicted molar refractivity (Wildman–Crippen MR) is 122 cm³/mol. The summed E-state index contributed by atoms with van der Waals surface area (Å²) < 4.78 is 0. The Morgan fingerprint density at radius 2 is 1.33 bits per heavy atom. The van der Waals surface area contributed by atoms with Gasteiger partial charge < -0.3 is 16.0 Å². The van der Waals surface area contributed by atoms with Gasteiger partial charge in [-0.25, -0.2) is 0 Å². The molecule has 148 valence electrons. The molecule has 0 aliphatic carbocycles. The largest absolute Gasteiger partial charge is 0.376 e. The zero-order chi connectivity index (χ0) is 20.8. The molecule has 5 heteroatoms. The number of carbonyl (C=O) groups is 2. The van der Waals surface area contributed by atoms with Crippen molar-refractivity contribution in [3.8, 4) is 0 Å². The van der Waals surface area contributed by atoms with E-state index in [4.69, 9.17) is 0 Å². The molecular formula is C25H21N3O2. The molecule has 4 aromatic rings. The van der Waals surface area contributed by atoms with Gasteiger partial charge in [-0.15, -0.1) is 0 Å². The fraction of sp³-hybridized carbons (Fsp3) is 0.0400. The molecule has 0 radical (unpaired) electrons. The van der Waals surface area contributed by atoms with Gasteiger partial charge in [-0.2, -0.15) is 0 Å². The topological polar surface area (TPSA) is 70.2 Å². The van der Waals surface area contributed by atoms with Gasteiger partial charge in [0.2, 0.25) is 5.91 Å². The van der Waals surface area contributed by atoms with Crippen LogP contribution in [0.3, 0.4) is 0 Å². The molecule has 30 heavy (non-hydrogen) atoms. The van der Waals surface area contributed by atoms with Gasteiger partial charge in [-0.1, -0.05) is 60.7 Å². The van der Waals surface area contributed by atoms with E-state index in [-0.39, 0.29) is 18.4 Å². The van der Waals surface area contributed by atoms with Crippen molar-refractivity contribution in [2.45, 2.75) is 0 Å². The number of fused-ring (bicyclic) bond motifs is 1. The Morgan fingerprint density at radius 1 is 0.633 bits per heavy atom. The summed E-state index contributed by atoms with van der Waals surface area (Å²) in [6.45, 7) is 0.0903. The van der Waals surface area contributed by atoms with Gasteiger partial charge in [0.15, 0.2) is 0 Å². The summed E-state index contributed by atoms with van der Waals surface area (Å²) >= 11 is 0. The second-order valence-electron chi connectivity index (χ2n) is 6.83. The molecule has 0 heterocycles. The molecule has 0 bridgehead atoms. The number of anilines is 3. The monoisotopic (exact) mass is 395 g/mol. The Hall–Kier alpha value is -4.12. The molecule has 2 amide bonds. The fourth-order valence-electron chi connectivity index (χ4n) is 3.19. The minimum Gasteiger partial charge on any atom is -0.376 e. The first-order chi connectivity index (χ1) is 14.7. The van der Waals surface area contributed by atoms with E-state index in [1.165, 1.54) is 0 Å². The van der Waals surface area contributed by atoms with Crippen LogP contribution in [-0.4, -0.2) is 18.4 Å². The van der Waals surface area contributed by atoms with Crippen LogP contribution < -0.4 is 16.0 Å². The average molecular weight is 395 g/mol. The number of hydrogen-bond acceptors (Lipinski definition) is 3. The van der Waals surface area contributed by atoms with Gasteiger partial charge in [-0.3, -0.25) is 9.59 Å². The molecule has 0 aliphatic rings. The van der Waals surface area contributed by atoms with Gasteiger partial charge in [0.25, 0.3) is 5.91 Å². The number of rotatable bonds is 6. The summed E-state index contributed by atoms with van der Waals surface area (Å²) in [6, 6.07) is 30.2. The van der Waals surface area contributed by atoms with Crippen molar-refractivity contribution in [1.29, 1.82) is 0 Å². The molecule has 0 fully saturated rings. The maximum Gasteiger partial charge on any atom is 0.257 e. The first-order valence-electron chi connectivity index (χ1n) is 9.67. The third kappa shape index (κ3) is 4.64. The lowest BCUT2D eigenvalue weighted by Crippen LogP contribution is -2.23. The molecular weight excluding hydrogens is 374 g/mol. The first kappa shape index (κ1) is 19.2. The Labute approximate surface area is 174 Å². The quantitative estimate of drug-likeness (QED) is 0.423. The zero-order valence-electron chi connectivity index (χ0n) is 16.3. The molecule has 0 spiro atoms. The van der Waals surface area contributed by atoms with Crippen LogP contribution in [0.5, 0.6) is 0 Å². The van der Waals surface area contributed by atoms with Crippen LogP contribution in [0, 0.1) is 0 Å². The molecule has 0 aromatic heterocycles. The lowest BCUT2D eigenvalue weighted by Gasteiger charge is -2.12. The van der Waals surface area contributed by atoms with E-state index in [1.54, 1.807) is 24.3 Å². The molecule has 0 saturated heterocycles. The first-order valence-corrected chi connectivity index (χ1v) is 9.67. The van der Waals surface area contributed by atoms with Gasteiger partial charge in [0, 0.05) is 11.4 Å². The number of amides is 2. The number of nitrogens with one attached hydrogen (secondary N) is 3. The normalized spacial score (nSPS) is 10.4. The van der Waals surface area contributed by atoms with Gasteiger partial charge >= 0.3 is 0 Å². The molecule has 4 rings (SSSR count). The van der Waals surface area contributed by atoms with Gasteiger partial charge in [-0.05, 0) is 47.2 Å². The predicted octanol–water partition coefficient (Wildman–Crippen LogP) is 5.14. The highest BCUT2D eigenvalue weighted by atomic mass is 16.2. The van der Waals surface area contributed by atoms with Crippen molar-refractivity contribution in [1.82, 2.24) is 0 Å². The number of benzene rings is 4. The lowest BCUT2D eigenvalue weighted by molar-refractivity contribution is -0.114. The number of hydrogen-bond donors (Lipinski definition) is 3. The fourth-order valence-corrected chi connectivity index (χ4v) is 3.19. The summed E-state index contributed by atoms with van der Waals surface area (Å²) in [4.78, 5) is 25.1. The Bertz CT molecular complexity index is 1190. The Kier molecular flexibility index (Phi) is 5.71. The summed E-state index contributed by atoms with van der Waals surface area (Å²) in [7, 11) is 0. The van der Waals surface area contributed by atoms with Crippen LogP contribution in [0.1, 0.15) is 10.4 Å². The highest BCUT2D eigenvalue weighted by molar-refractivity contribution is 6.10. The second-order valence-corrected chi connectivity index (χ2v) is 6.83. The minimum atomic E-state index is -0.278. The molecule has 0 saturated carbocycles. The molecule has 0 unspecified atom stereocenters. The van der Waals surface area contributed by atoms with E-state index in [0.29, 0.717) is 16.9 Å². The van der Waals surface area contributed by atoms with E-state index in [1.807, 2.05) is 72.8 Å². The van der Waals surface area contributed by atoms with Crippen LogP contribution in [0.15, 0.2) is 97.1 Å². The number of carbonyl (C=O) groups excluding carboxylic acids is 2. The molecule has 0 aliphatic heterocycles. The van der Waals surface area contributed by atoms with E-state index < -0.39 is 0 Å². The van der Waals surface area contributed by atoms with Gasteiger partial charge in [0.05, 0.1) is 17.8 Å². The summed E-state index contributed by atoms with van der Waals surface area (Å²) in [6.07, 6.45) is 0. The minimum absolute atomic E-state index is 0.0903. The smallest absolute Gasteiger partial charge is 0.257 e. The lowest BCUT2D eigenvalue weighted by atomic mass is 10.1. The van der Waals surface area contributed by atoms with E-state index >= 15 is 0 Å². The maximum atomic E-state index is 12.6. The third-order valence-corrected chi connectivity index (χ3v) is 4.68. The van der Waals surface area contributed by atoms with Crippen molar-refractivity contribution >= 4 is 39.6 Å². The molecule has 4 aromatic carbocycles. The molecule has 5 nitrogen and oxygen atoms in total. The third-order valence-electron chi connectivity index (χ3n) is 4.68. The van der Waals surface area contributed by atoms with Crippen LogP contribution in [-0.2, 0) is 4.79 Å². The van der Waals surface area contributed by atoms with Crippen molar-refractivity contribution in [2.24, 2.45) is 0 Å². The van der Waals surface area contributed by atoms with Crippen LogP contribution in [0.25, 0.3) is 10.8 Å². The van der Waals surface area contributed by atoms with Crippen molar-refractivity contribution in [3.63, 3.8) is 0 Å². The summed E-state index contributed by atoms with van der Waals surface area (Å²) in [5.41, 5.74) is 2.43.